The molecule has 6 rings (SSSR count). The quantitative estimate of drug-likeness (QED) is 0.274. The summed E-state index contributed by atoms with van der Waals surface area (Å²) in [5.41, 5.74) is 5.17. The molecule has 3 aromatic carbocycles. The van der Waals surface area contributed by atoms with Crippen molar-refractivity contribution < 1.29 is 4.42 Å². The lowest BCUT2D eigenvalue weighted by Crippen LogP contribution is -2.05. The molecule has 0 saturated carbocycles. The second-order valence-electron chi connectivity index (χ2n) is 7.79. The number of fused-ring (bicyclic) bond motifs is 3. The van der Waals surface area contributed by atoms with Gasteiger partial charge in [-0.1, -0.05) is 76.6 Å². The third-order valence-corrected chi connectivity index (χ3v) is 6.26. The Morgan fingerprint density at radius 3 is 2.09 bits per heavy atom. The SMILES string of the molecule is Brc1ccc(-c2nc(C3=Cc4oc5ccccc5c4CC3)nc(-c3ccccc3)n2)cc1. The molecule has 154 valence electrons. The minimum absolute atomic E-state index is 0.664. The van der Waals surface area contributed by atoms with E-state index in [1.165, 1.54) is 10.9 Å². The maximum atomic E-state index is 6.13. The van der Waals surface area contributed by atoms with E-state index >= 15 is 0 Å². The summed E-state index contributed by atoms with van der Waals surface area (Å²) in [4.78, 5) is 14.5. The predicted octanol–water partition coefficient (Wildman–Crippen LogP) is 7.20. The van der Waals surface area contributed by atoms with Gasteiger partial charge in [-0.2, -0.15) is 0 Å². The third kappa shape index (κ3) is 3.45. The van der Waals surface area contributed by atoms with Crippen LogP contribution in [0.1, 0.15) is 23.6 Å². The number of benzene rings is 3. The average Bonchev–Trinajstić information content (AvgIpc) is 3.23. The van der Waals surface area contributed by atoms with Crippen molar-refractivity contribution in [2.24, 2.45) is 0 Å². The third-order valence-electron chi connectivity index (χ3n) is 5.74. The largest absolute Gasteiger partial charge is 0.456 e. The molecule has 0 fully saturated rings. The molecular weight excluding hydrogens is 462 g/mol. The summed E-state index contributed by atoms with van der Waals surface area (Å²) in [5.74, 6) is 2.93. The highest BCUT2D eigenvalue weighted by molar-refractivity contribution is 9.10. The zero-order valence-corrected chi connectivity index (χ0v) is 18.7. The van der Waals surface area contributed by atoms with Gasteiger partial charge in [-0.05, 0) is 37.1 Å². The van der Waals surface area contributed by atoms with E-state index in [9.17, 15) is 0 Å². The first-order chi connectivity index (χ1) is 15.7. The van der Waals surface area contributed by atoms with Gasteiger partial charge in [0.25, 0.3) is 0 Å². The number of para-hydroxylation sites is 1. The molecule has 1 aliphatic rings. The Bertz CT molecular complexity index is 1470. The van der Waals surface area contributed by atoms with Crippen molar-refractivity contribution in [3.05, 3.63) is 100 Å². The first kappa shape index (κ1) is 19.1. The van der Waals surface area contributed by atoms with Crippen molar-refractivity contribution in [3.8, 4) is 22.8 Å². The monoisotopic (exact) mass is 479 g/mol. The predicted molar refractivity (Wildman–Crippen MR) is 131 cm³/mol. The highest BCUT2D eigenvalue weighted by Gasteiger charge is 2.21. The van der Waals surface area contributed by atoms with Crippen LogP contribution in [-0.2, 0) is 6.42 Å². The molecule has 0 radical (unpaired) electrons. The number of nitrogens with zero attached hydrogens (tertiary/aromatic N) is 3. The van der Waals surface area contributed by atoms with Crippen molar-refractivity contribution in [2.45, 2.75) is 12.8 Å². The highest BCUT2D eigenvalue weighted by atomic mass is 79.9. The fourth-order valence-electron chi connectivity index (χ4n) is 4.12. The number of halogens is 1. The van der Waals surface area contributed by atoms with Crippen molar-refractivity contribution in [3.63, 3.8) is 0 Å². The fraction of sp³-hybridized carbons (Fsp3) is 0.0741. The summed E-state index contributed by atoms with van der Waals surface area (Å²) < 4.78 is 7.15. The van der Waals surface area contributed by atoms with Crippen molar-refractivity contribution in [1.82, 2.24) is 15.0 Å². The lowest BCUT2D eigenvalue weighted by molar-refractivity contribution is 0.596. The molecule has 0 aliphatic heterocycles. The summed E-state index contributed by atoms with van der Waals surface area (Å²) in [6.45, 7) is 0. The van der Waals surface area contributed by atoms with E-state index in [0.717, 1.165) is 45.4 Å². The minimum atomic E-state index is 0.664. The molecule has 0 N–H and O–H groups in total. The first-order valence-corrected chi connectivity index (χ1v) is 11.3. The Morgan fingerprint density at radius 1 is 0.656 bits per heavy atom. The lowest BCUT2D eigenvalue weighted by Gasteiger charge is -2.14. The van der Waals surface area contributed by atoms with Crippen LogP contribution in [0.25, 0.3) is 45.4 Å². The molecular formula is C27H18BrN3O. The van der Waals surface area contributed by atoms with Crippen LogP contribution < -0.4 is 0 Å². The molecule has 0 spiro atoms. The lowest BCUT2D eigenvalue weighted by atomic mass is 9.95. The number of aromatic nitrogens is 3. The zero-order valence-electron chi connectivity index (χ0n) is 17.1. The molecule has 0 bridgehead atoms. The van der Waals surface area contributed by atoms with Gasteiger partial charge in [0, 0.05) is 32.1 Å². The molecule has 0 unspecified atom stereocenters. The molecule has 1 aliphatic carbocycles. The Hall–Kier alpha value is -3.57. The number of rotatable bonds is 3. The molecule has 0 amide bonds. The Morgan fingerprint density at radius 2 is 1.31 bits per heavy atom. The summed E-state index contributed by atoms with van der Waals surface area (Å²) in [7, 11) is 0. The molecule has 4 nitrogen and oxygen atoms in total. The number of furan rings is 1. The van der Waals surface area contributed by atoms with E-state index in [1.807, 2.05) is 66.7 Å². The van der Waals surface area contributed by atoms with E-state index in [0.29, 0.717) is 17.5 Å². The number of hydrogen-bond acceptors (Lipinski definition) is 4. The van der Waals surface area contributed by atoms with E-state index in [1.54, 1.807) is 0 Å². The second kappa shape index (κ2) is 7.84. The Kier molecular flexibility index (Phi) is 4.69. The van der Waals surface area contributed by atoms with Crippen LogP contribution in [0.15, 0.2) is 87.8 Å². The maximum Gasteiger partial charge on any atom is 0.164 e. The molecule has 0 saturated heterocycles. The van der Waals surface area contributed by atoms with Gasteiger partial charge < -0.3 is 4.42 Å². The molecule has 2 aromatic heterocycles. The maximum absolute atomic E-state index is 6.13. The Balaban J connectivity index is 1.51. The summed E-state index contributed by atoms with van der Waals surface area (Å²) >= 11 is 3.50. The van der Waals surface area contributed by atoms with E-state index in [4.69, 9.17) is 19.4 Å². The molecule has 2 heterocycles. The van der Waals surface area contributed by atoms with Crippen LogP contribution in [0, 0.1) is 0 Å². The van der Waals surface area contributed by atoms with Gasteiger partial charge in [0.2, 0.25) is 0 Å². The Labute approximate surface area is 193 Å². The first-order valence-electron chi connectivity index (χ1n) is 10.5. The van der Waals surface area contributed by atoms with E-state index < -0.39 is 0 Å². The number of hydrogen-bond donors (Lipinski definition) is 0. The van der Waals surface area contributed by atoms with E-state index in [-0.39, 0.29) is 0 Å². The van der Waals surface area contributed by atoms with Crippen LogP contribution in [-0.4, -0.2) is 15.0 Å². The fourth-order valence-corrected chi connectivity index (χ4v) is 4.39. The number of allylic oxidation sites excluding steroid dienone is 1. The van der Waals surface area contributed by atoms with Gasteiger partial charge in [0.05, 0.1) is 0 Å². The van der Waals surface area contributed by atoms with Crippen LogP contribution in [0.3, 0.4) is 0 Å². The normalized spacial score (nSPS) is 13.1. The molecule has 32 heavy (non-hydrogen) atoms. The van der Waals surface area contributed by atoms with Gasteiger partial charge in [-0.3, -0.25) is 0 Å². The zero-order chi connectivity index (χ0) is 21.5. The van der Waals surface area contributed by atoms with Crippen LogP contribution >= 0.6 is 15.9 Å². The molecule has 5 aromatic rings. The van der Waals surface area contributed by atoms with E-state index in [2.05, 4.69) is 34.1 Å². The van der Waals surface area contributed by atoms with Crippen molar-refractivity contribution in [2.75, 3.05) is 0 Å². The van der Waals surface area contributed by atoms with Gasteiger partial charge in [-0.25, -0.2) is 15.0 Å². The second-order valence-corrected chi connectivity index (χ2v) is 8.71. The smallest absolute Gasteiger partial charge is 0.164 e. The van der Waals surface area contributed by atoms with Gasteiger partial charge in [0.1, 0.15) is 11.3 Å². The summed E-state index contributed by atoms with van der Waals surface area (Å²) in [5, 5.41) is 1.19. The van der Waals surface area contributed by atoms with Gasteiger partial charge in [-0.15, -0.1) is 0 Å². The van der Waals surface area contributed by atoms with Crippen LogP contribution in [0.4, 0.5) is 0 Å². The molecule has 5 heteroatoms. The standard InChI is InChI=1S/C27H18BrN3O/c28-20-13-10-18(11-14-20)26-29-25(17-6-2-1-3-7-17)30-27(31-26)19-12-15-22-21-8-4-5-9-23(21)32-24(22)16-19/h1-11,13-14,16H,12,15H2. The summed E-state index contributed by atoms with van der Waals surface area (Å²) in [6, 6.07) is 26.3. The number of aryl methyl sites for hydroxylation is 1. The average molecular weight is 480 g/mol. The minimum Gasteiger partial charge on any atom is -0.456 e. The van der Waals surface area contributed by atoms with Crippen LogP contribution in [0.5, 0.6) is 0 Å². The summed E-state index contributed by atoms with van der Waals surface area (Å²) in [6.07, 6.45) is 3.85. The highest BCUT2D eigenvalue weighted by Crippen LogP contribution is 2.36. The topological polar surface area (TPSA) is 51.8 Å². The van der Waals surface area contributed by atoms with Crippen LogP contribution in [0.2, 0.25) is 0 Å². The van der Waals surface area contributed by atoms with Gasteiger partial charge in [0.15, 0.2) is 17.5 Å². The van der Waals surface area contributed by atoms with Crippen molar-refractivity contribution >= 4 is 38.5 Å². The van der Waals surface area contributed by atoms with Crippen molar-refractivity contribution in [1.29, 1.82) is 0 Å². The molecule has 0 atom stereocenters. The van der Waals surface area contributed by atoms with Gasteiger partial charge >= 0.3 is 0 Å².